The zero-order chi connectivity index (χ0) is 23.6. The van der Waals surface area contributed by atoms with Gasteiger partial charge in [0.05, 0.1) is 11.7 Å². The molecule has 2 atom stereocenters. The maximum absolute atomic E-state index is 12.6. The number of amides is 1. The van der Waals surface area contributed by atoms with E-state index in [0.29, 0.717) is 37.5 Å². The molecule has 0 radical (unpaired) electrons. The van der Waals surface area contributed by atoms with Crippen molar-refractivity contribution in [1.29, 1.82) is 0 Å². The van der Waals surface area contributed by atoms with Crippen LogP contribution in [0.15, 0.2) is 12.1 Å². The molecule has 1 saturated heterocycles. The summed E-state index contributed by atoms with van der Waals surface area (Å²) in [4.78, 5) is 39.7. The maximum atomic E-state index is 12.6. The van der Waals surface area contributed by atoms with E-state index in [1.165, 1.54) is 18.7 Å². The van der Waals surface area contributed by atoms with Crippen LogP contribution in [0.1, 0.15) is 60.8 Å². The number of carbonyl (C=O) groups excluding carboxylic acids is 3. The number of carbonyl (C=O) groups is 3. The normalized spacial score (nSPS) is 20.0. The largest absolute Gasteiger partial charge is 0.457 e. The van der Waals surface area contributed by atoms with Crippen LogP contribution in [-0.4, -0.2) is 75.7 Å². The molecule has 2 aliphatic heterocycles. The highest BCUT2D eigenvalue weighted by molar-refractivity contribution is 8.13. The number of aliphatic hydroxyl groups is 1. The Morgan fingerprint density at radius 1 is 1.31 bits per heavy atom. The van der Waals surface area contributed by atoms with Gasteiger partial charge in [-0.1, -0.05) is 17.8 Å². The number of hydrogen-bond donors (Lipinski definition) is 1. The number of nitrogens with zero attached hydrogens (tertiary/aromatic N) is 2. The minimum absolute atomic E-state index is 0.0130. The highest BCUT2D eigenvalue weighted by atomic mass is 32.2. The Balaban J connectivity index is 1.72. The molecule has 1 amide bonds. The summed E-state index contributed by atoms with van der Waals surface area (Å²) in [6, 6.07) is 3.39. The number of hydrogen-bond acceptors (Lipinski definition) is 8. The Labute approximate surface area is 193 Å². The van der Waals surface area contributed by atoms with Crippen molar-refractivity contribution in [3.05, 3.63) is 34.4 Å². The second-order valence-corrected chi connectivity index (χ2v) is 10.5. The predicted molar refractivity (Wildman–Crippen MR) is 122 cm³/mol. The number of piperazine rings is 1. The minimum atomic E-state index is -0.770. The van der Waals surface area contributed by atoms with Crippen LogP contribution >= 0.6 is 11.8 Å². The molecule has 2 unspecified atom stereocenters. The number of aliphatic hydroxyl groups excluding tert-OH is 1. The van der Waals surface area contributed by atoms with Crippen LogP contribution < -0.4 is 0 Å². The minimum Gasteiger partial charge on any atom is -0.457 e. The van der Waals surface area contributed by atoms with E-state index in [9.17, 15) is 19.5 Å². The van der Waals surface area contributed by atoms with Crippen molar-refractivity contribution >= 4 is 28.9 Å². The van der Waals surface area contributed by atoms with Gasteiger partial charge >= 0.3 is 12.1 Å². The Morgan fingerprint density at radius 2 is 2.03 bits per heavy atom. The lowest BCUT2D eigenvalue weighted by Crippen LogP contribution is -2.57. The molecular weight excluding hydrogens is 432 g/mol. The lowest BCUT2D eigenvalue weighted by atomic mass is 9.95. The van der Waals surface area contributed by atoms with Crippen molar-refractivity contribution in [2.45, 2.75) is 59.0 Å². The molecule has 2 aliphatic rings. The second-order valence-electron chi connectivity index (χ2n) is 9.28. The van der Waals surface area contributed by atoms with E-state index >= 15 is 0 Å². The summed E-state index contributed by atoms with van der Waals surface area (Å²) in [6.07, 6.45) is -1.14. The van der Waals surface area contributed by atoms with Crippen LogP contribution in [0.25, 0.3) is 0 Å². The number of ether oxygens (including phenoxy) is 2. The third kappa shape index (κ3) is 5.82. The Morgan fingerprint density at radius 3 is 2.69 bits per heavy atom. The van der Waals surface area contributed by atoms with Crippen LogP contribution in [-0.2, 0) is 20.9 Å². The van der Waals surface area contributed by atoms with Gasteiger partial charge in [0.15, 0.2) is 5.12 Å². The van der Waals surface area contributed by atoms with E-state index in [4.69, 9.17) is 9.47 Å². The summed E-state index contributed by atoms with van der Waals surface area (Å²) in [5, 5.41) is 11.0. The summed E-state index contributed by atoms with van der Waals surface area (Å²) >= 11 is 1.22. The Hall–Kier alpha value is -2.10. The zero-order valence-corrected chi connectivity index (χ0v) is 20.2. The van der Waals surface area contributed by atoms with Gasteiger partial charge in [-0.25, -0.2) is 9.59 Å². The average Bonchev–Trinajstić information content (AvgIpc) is 3.07. The number of fused-ring (bicyclic) bond motifs is 1. The van der Waals surface area contributed by atoms with E-state index in [2.05, 4.69) is 4.90 Å². The summed E-state index contributed by atoms with van der Waals surface area (Å²) < 4.78 is 10.6. The van der Waals surface area contributed by atoms with Gasteiger partial charge in [0.2, 0.25) is 0 Å². The Kier molecular flexibility index (Phi) is 7.52. The summed E-state index contributed by atoms with van der Waals surface area (Å²) in [5.74, 6) is 0.191. The second kappa shape index (κ2) is 9.80. The van der Waals surface area contributed by atoms with Crippen molar-refractivity contribution in [2.75, 3.05) is 31.9 Å². The van der Waals surface area contributed by atoms with E-state index in [1.54, 1.807) is 17.0 Å². The number of cyclic esters (lactones) is 1. The first kappa shape index (κ1) is 24.5. The molecule has 3 rings (SSSR count). The third-order valence-corrected chi connectivity index (χ3v) is 6.67. The van der Waals surface area contributed by atoms with E-state index in [0.717, 1.165) is 16.7 Å². The molecule has 1 N–H and O–H groups in total. The third-order valence-electron chi connectivity index (χ3n) is 5.71. The molecule has 2 heterocycles. The molecule has 1 aromatic rings. The van der Waals surface area contributed by atoms with Crippen molar-refractivity contribution in [3.63, 3.8) is 0 Å². The topological polar surface area (TPSA) is 96.4 Å². The summed E-state index contributed by atoms with van der Waals surface area (Å²) in [7, 11) is 0. The molecule has 9 heteroatoms. The molecule has 0 spiro atoms. The van der Waals surface area contributed by atoms with Crippen LogP contribution in [0.3, 0.4) is 0 Å². The fraction of sp³-hybridized carbons (Fsp3) is 0.609. The first-order valence-electron chi connectivity index (χ1n) is 10.8. The summed E-state index contributed by atoms with van der Waals surface area (Å²) in [6.45, 7) is 11.0. The average molecular weight is 465 g/mol. The SMILES string of the molecule is CC(=O)SCC1CN(C(=O)OC(C)(C)C)CCN1CC(O)c1ccc2c(c1C)COC2=O. The van der Waals surface area contributed by atoms with Gasteiger partial charge in [0.1, 0.15) is 12.2 Å². The molecule has 0 saturated carbocycles. The standard InChI is InChI=1S/C23H32N2O6S/c1-14-17(6-7-18-19(14)12-30-21(18)28)20(27)11-24-8-9-25(22(29)31-23(3,4)5)10-16(24)13-32-15(2)26/h6-7,16,20,27H,8-13H2,1-5H3. The van der Waals surface area contributed by atoms with Crippen molar-refractivity contribution in [2.24, 2.45) is 0 Å². The van der Waals surface area contributed by atoms with Crippen LogP contribution in [0.4, 0.5) is 4.79 Å². The van der Waals surface area contributed by atoms with Gasteiger partial charge in [-0.15, -0.1) is 0 Å². The van der Waals surface area contributed by atoms with Gasteiger partial charge in [0, 0.05) is 50.5 Å². The van der Waals surface area contributed by atoms with Crippen molar-refractivity contribution < 1.29 is 29.0 Å². The summed E-state index contributed by atoms with van der Waals surface area (Å²) in [5.41, 5.74) is 2.42. The van der Waals surface area contributed by atoms with Gasteiger partial charge in [0.25, 0.3) is 0 Å². The molecule has 0 bridgehead atoms. The van der Waals surface area contributed by atoms with E-state index in [1.807, 2.05) is 27.7 Å². The van der Waals surface area contributed by atoms with E-state index in [-0.39, 0.29) is 29.8 Å². The van der Waals surface area contributed by atoms with Gasteiger partial charge in [-0.2, -0.15) is 0 Å². The predicted octanol–water partition coefficient (Wildman–Crippen LogP) is 2.90. The monoisotopic (exact) mass is 464 g/mol. The zero-order valence-electron chi connectivity index (χ0n) is 19.3. The molecule has 0 aliphatic carbocycles. The number of benzene rings is 1. The quantitative estimate of drug-likeness (QED) is 0.665. The molecule has 1 fully saturated rings. The van der Waals surface area contributed by atoms with Gasteiger partial charge < -0.3 is 19.5 Å². The molecule has 176 valence electrons. The number of β-amino-alcohol motifs (C(OH)–C–C–N with tert-alkyl or cyclic N) is 1. The van der Waals surface area contributed by atoms with E-state index < -0.39 is 11.7 Å². The number of thioether (sulfide) groups is 1. The van der Waals surface area contributed by atoms with Crippen molar-refractivity contribution in [1.82, 2.24) is 9.80 Å². The van der Waals surface area contributed by atoms with Gasteiger partial charge in [-0.05, 0) is 44.9 Å². The smallest absolute Gasteiger partial charge is 0.410 e. The molecular formula is C23H32N2O6S. The molecule has 32 heavy (non-hydrogen) atoms. The van der Waals surface area contributed by atoms with Gasteiger partial charge in [-0.3, -0.25) is 9.69 Å². The number of rotatable bonds is 5. The molecule has 0 aromatic heterocycles. The van der Waals surface area contributed by atoms with Crippen molar-refractivity contribution in [3.8, 4) is 0 Å². The van der Waals surface area contributed by atoms with Crippen LogP contribution in [0, 0.1) is 6.92 Å². The highest BCUT2D eigenvalue weighted by Crippen LogP contribution is 2.30. The fourth-order valence-electron chi connectivity index (χ4n) is 4.05. The fourth-order valence-corrected chi connectivity index (χ4v) is 4.79. The first-order valence-corrected chi connectivity index (χ1v) is 11.8. The maximum Gasteiger partial charge on any atom is 0.410 e. The first-order chi connectivity index (χ1) is 15.0. The van der Waals surface area contributed by atoms with Crippen LogP contribution in [0.5, 0.6) is 0 Å². The van der Waals surface area contributed by atoms with Crippen LogP contribution in [0.2, 0.25) is 0 Å². The molecule has 1 aromatic carbocycles. The number of esters is 1. The lowest BCUT2D eigenvalue weighted by Gasteiger charge is -2.42. The lowest BCUT2D eigenvalue weighted by molar-refractivity contribution is -0.109. The highest BCUT2D eigenvalue weighted by Gasteiger charge is 2.34. The molecule has 8 nitrogen and oxygen atoms in total. The Bertz CT molecular complexity index is 897.